The van der Waals surface area contributed by atoms with Crippen LogP contribution < -0.4 is 5.32 Å². The summed E-state index contributed by atoms with van der Waals surface area (Å²) in [5, 5.41) is 3.51. The fraction of sp³-hybridized carbons (Fsp3) is 1.00. The second-order valence-corrected chi connectivity index (χ2v) is 5.95. The number of rotatable bonds is 5. The molecule has 2 rings (SSSR count). The molecule has 0 amide bonds. The minimum absolute atomic E-state index is 0.835. The highest BCUT2D eigenvalue weighted by atomic mass is 14.9. The largest absolute Gasteiger partial charge is 0.317 e. The van der Waals surface area contributed by atoms with Crippen molar-refractivity contribution in [3.8, 4) is 0 Å². The molecule has 2 aliphatic carbocycles. The van der Waals surface area contributed by atoms with E-state index in [2.05, 4.69) is 19.3 Å². The molecule has 88 valence electrons. The van der Waals surface area contributed by atoms with E-state index in [0.29, 0.717) is 0 Å². The van der Waals surface area contributed by atoms with Crippen molar-refractivity contribution in [2.75, 3.05) is 7.05 Å². The van der Waals surface area contributed by atoms with Gasteiger partial charge in [0.25, 0.3) is 0 Å². The summed E-state index contributed by atoms with van der Waals surface area (Å²) in [6, 6.07) is 0.835. The van der Waals surface area contributed by atoms with E-state index >= 15 is 0 Å². The van der Waals surface area contributed by atoms with Crippen molar-refractivity contribution >= 4 is 0 Å². The zero-order chi connectivity index (χ0) is 10.7. The second kappa shape index (κ2) is 5.34. The topological polar surface area (TPSA) is 12.0 Å². The minimum atomic E-state index is 0.835. The third-order valence-corrected chi connectivity index (χ3v) is 4.49. The Morgan fingerprint density at radius 1 is 1.20 bits per heavy atom. The molecule has 1 nitrogen and oxygen atoms in total. The maximum atomic E-state index is 3.51. The second-order valence-electron chi connectivity index (χ2n) is 5.95. The summed E-state index contributed by atoms with van der Waals surface area (Å²) in [6.45, 7) is 2.43. The Morgan fingerprint density at radius 3 is 2.60 bits per heavy atom. The molecule has 2 fully saturated rings. The fourth-order valence-electron chi connectivity index (χ4n) is 3.35. The molecule has 0 aromatic rings. The van der Waals surface area contributed by atoms with E-state index in [1.165, 1.54) is 51.4 Å². The minimum Gasteiger partial charge on any atom is -0.317 e. The summed E-state index contributed by atoms with van der Waals surface area (Å²) in [4.78, 5) is 0. The summed E-state index contributed by atoms with van der Waals surface area (Å²) in [5.74, 6) is 3.07. The molecule has 0 heterocycles. The Balaban J connectivity index is 1.67. The van der Waals surface area contributed by atoms with Crippen LogP contribution >= 0.6 is 0 Å². The molecule has 0 aromatic heterocycles. The summed E-state index contributed by atoms with van der Waals surface area (Å²) < 4.78 is 0. The molecular weight excluding hydrogens is 182 g/mol. The van der Waals surface area contributed by atoms with Gasteiger partial charge in [0.1, 0.15) is 0 Å². The maximum absolute atomic E-state index is 3.51. The van der Waals surface area contributed by atoms with Gasteiger partial charge < -0.3 is 5.32 Å². The van der Waals surface area contributed by atoms with Crippen molar-refractivity contribution in [3.05, 3.63) is 0 Å². The summed E-state index contributed by atoms with van der Waals surface area (Å²) in [6.07, 6.45) is 11.8. The van der Waals surface area contributed by atoms with Crippen molar-refractivity contribution < 1.29 is 0 Å². The first-order valence-electron chi connectivity index (χ1n) is 6.97. The van der Waals surface area contributed by atoms with Gasteiger partial charge in [-0.2, -0.15) is 0 Å². The van der Waals surface area contributed by atoms with Gasteiger partial charge in [0.05, 0.1) is 0 Å². The van der Waals surface area contributed by atoms with Gasteiger partial charge in [-0.25, -0.2) is 0 Å². The Labute approximate surface area is 95.0 Å². The van der Waals surface area contributed by atoms with E-state index in [1.807, 2.05) is 0 Å². The standard InChI is InChI=1S/C14H27N/c1-11-4-3-5-12(10-11)6-9-14(15-2)13-7-8-13/h11-15H,3-10H2,1-2H3. The molecule has 1 N–H and O–H groups in total. The normalized spacial score (nSPS) is 34.0. The van der Waals surface area contributed by atoms with Crippen LogP contribution in [0.3, 0.4) is 0 Å². The molecule has 2 saturated carbocycles. The predicted molar refractivity (Wildman–Crippen MR) is 65.9 cm³/mol. The van der Waals surface area contributed by atoms with Crippen LogP contribution in [0.4, 0.5) is 0 Å². The SMILES string of the molecule is CNC(CCC1CCCC(C)C1)C1CC1. The first-order valence-corrected chi connectivity index (χ1v) is 6.97. The molecule has 0 bridgehead atoms. The zero-order valence-corrected chi connectivity index (χ0v) is 10.5. The van der Waals surface area contributed by atoms with Gasteiger partial charge in [-0.3, -0.25) is 0 Å². The zero-order valence-electron chi connectivity index (χ0n) is 10.5. The van der Waals surface area contributed by atoms with Crippen molar-refractivity contribution in [1.82, 2.24) is 5.32 Å². The molecular formula is C14H27N. The lowest BCUT2D eigenvalue weighted by molar-refractivity contribution is 0.254. The molecule has 0 saturated heterocycles. The van der Waals surface area contributed by atoms with Gasteiger partial charge in [0.2, 0.25) is 0 Å². The van der Waals surface area contributed by atoms with Gasteiger partial charge in [0, 0.05) is 6.04 Å². The van der Waals surface area contributed by atoms with Crippen LogP contribution in [0.2, 0.25) is 0 Å². The third kappa shape index (κ3) is 3.48. The Kier molecular flexibility index (Phi) is 4.07. The van der Waals surface area contributed by atoms with Crippen molar-refractivity contribution in [2.45, 2.75) is 64.3 Å². The smallest absolute Gasteiger partial charge is 0.00924 e. The highest BCUT2D eigenvalue weighted by Crippen LogP contribution is 2.37. The summed E-state index contributed by atoms with van der Waals surface area (Å²) in [5.41, 5.74) is 0. The highest BCUT2D eigenvalue weighted by molar-refractivity contribution is 4.86. The lowest BCUT2D eigenvalue weighted by Gasteiger charge is -2.28. The molecule has 1 heteroatoms. The van der Waals surface area contributed by atoms with E-state index < -0.39 is 0 Å². The monoisotopic (exact) mass is 209 g/mol. The van der Waals surface area contributed by atoms with Crippen LogP contribution in [0.25, 0.3) is 0 Å². The summed E-state index contributed by atoms with van der Waals surface area (Å²) >= 11 is 0. The summed E-state index contributed by atoms with van der Waals surface area (Å²) in [7, 11) is 2.15. The van der Waals surface area contributed by atoms with E-state index in [4.69, 9.17) is 0 Å². The van der Waals surface area contributed by atoms with E-state index in [0.717, 1.165) is 23.8 Å². The molecule has 0 aromatic carbocycles. The fourth-order valence-corrected chi connectivity index (χ4v) is 3.35. The third-order valence-electron chi connectivity index (χ3n) is 4.49. The predicted octanol–water partition coefficient (Wildman–Crippen LogP) is 3.59. The van der Waals surface area contributed by atoms with Crippen LogP contribution in [0.5, 0.6) is 0 Å². The number of hydrogen-bond donors (Lipinski definition) is 1. The van der Waals surface area contributed by atoms with Crippen LogP contribution in [0.1, 0.15) is 58.3 Å². The van der Waals surface area contributed by atoms with Gasteiger partial charge in [-0.15, -0.1) is 0 Å². The number of nitrogens with one attached hydrogen (secondary N) is 1. The van der Waals surface area contributed by atoms with Gasteiger partial charge in [-0.05, 0) is 56.9 Å². The average molecular weight is 209 g/mol. The van der Waals surface area contributed by atoms with Gasteiger partial charge >= 0.3 is 0 Å². The quantitative estimate of drug-likeness (QED) is 0.729. The average Bonchev–Trinajstić information content (AvgIpc) is 3.03. The Hall–Kier alpha value is -0.0400. The lowest BCUT2D eigenvalue weighted by Crippen LogP contribution is -2.28. The number of hydrogen-bond acceptors (Lipinski definition) is 1. The van der Waals surface area contributed by atoms with Gasteiger partial charge in [-0.1, -0.05) is 26.2 Å². The molecule has 0 radical (unpaired) electrons. The van der Waals surface area contributed by atoms with Crippen LogP contribution in [0.15, 0.2) is 0 Å². The van der Waals surface area contributed by atoms with E-state index in [-0.39, 0.29) is 0 Å². The Bertz CT molecular complexity index is 186. The molecule has 3 unspecified atom stereocenters. The Morgan fingerprint density at radius 2 is 2.00 bits per heavy atom. The van der Waals surface area contributed by atoms with Crippen LogP contribution in [0, 0.1) is 17.8 Å². The van der Waals surface area contributed by atoms with Crippen molar-refractivity contribution in [3.63, 3.8) is 0 Å². The van der Waals surface area contributed by atoms with Gasteiger partial charge in [0.15, 0.2) is 0 Å². The first kappa shape index (κ1) is 11.4. The molecule has 0 aliphatic heterocycles. The highest BCUT2D eigenvalue weighted by Gasteiger charge is 2.30. The van der Waals surface area contributed by atoms with Crippen molar-refractivity contribution in [2.24, 2.45) is 17.8 Å². The van der Waals surface area contributed by atoms with Crippen LogP contribution in [-0.2, 0) is 0 Å². The van der Waals surface area contributed by atoms with Crippen molar-refractivity contribution in [1.29, 1.82) is 0 Å². The molecule has 2 aliphatic rings. The van der Waals surface area contributed by atoms with E-state index in [1.54, 1.807) is 0 Å². The van der Waals surface area contributed by atoms with Crippen LogP contribution in [-0.4, -0.2) is 13.1 Å². The molecule has 15 heavy (non-hydrogen) atoms. The first-order chi connectivity index (χ1) is 7.29. The molecule has 0 spiro atoms. The van der Waals surface area contributed by atoms with E-state index in [9.17, 15) is 0 Å². The lowest BCUT2D eigenvalue weighted by atomic mass is 9.79. The molecule has 3 atom stereocenters. The maximum Gasteiger partial charge on any atom is 0.00924 e.